The van der Waals surface area contributed by atoms with Crippen LogP contribution in [0.3, 0.4) is 0 Å². The Morgan fingerprint density at radius 3 is 2.67 bits per heavy atom. The summed E-state index contributed by atoms with van der Waals surface area (Å²) in [5.74, 6) is 0. The number of rotatable bonds is 2. The van der Waals surface area contributed by atoms with Gasteiger partial charge in [-0.3, -0.25) is 0 Å². The predicted octanol–water partition coefficient (Wildman–Crippen LogP) is 3.52. The summed E-state index contributed by atoms with van der Waals surface area (Å²) in [4.78, 5) is 1.26. The third-order valence-corrected chi connectivity index (χ3v) is 3.54. The molecule has 1 aromatic carbocycles. The molecule has 1 aromatic heterocycles. The van der Waals surface area contributed by atoms with Crippen molar-refractivity contribution in [3.8, 4) is 0 Å². The molecule has 1 N–H and O–H groups in total. The van der Waals surface area contributed by atoms with Crippen LogP contribution in [0.2, 0.25) is 0 Å². The van der Waals surface area contributed by atoms with Crippen LogP contribution in [-0.2, 0) is 6.42 Å². The molecule has 1 nitrogen and oxygen atoms in total. The molecule has 0 bridgehead atoms. The van der Waals surface area contributed by atoms with Crippen molar-refractivity contribution in [3.63, 3.8) is 0 Å². The van der Waals surface area contributed by atoms with E-state index in [4.69, 9.17) is 0 Å². The van der Waals surface area contributed by atoms with E-state index in [9.17, 15) is 5.11 Å². The normalized spacial score (nSPS) is 12.3. The molecule has 0 saturated carbocycles. The molecular weight excluding hydrogens is 204 g/mol. The summed E-state index contributed by atoms with van der Waals surface area (Å²) in [5.41, 5.74) is 0.695. The smallest absolute Gasteiger partial charge is 0.0639 e. The maximum absolute atomic E-state index is 9.77. The van der Waals surface area contributed by atoms with E-state index in [1.165, 1.54) is 20.5 Å². The predicted molar refractivity (Wildman–Crippen MR) is 66.6 cm³/mol. The molecule has 15 heavy (non-hydrogen) atoms. The van der Waals surface area contributed by atoms with Gasteiger partial charge in [-0.15, -0.1) is 11.3 Å². The summed E-state index contributed by atoms with van der Waals surface area (Å²) in [5, 5.41) is 11.1. The van der Waals surface area contributed by atoms with E-state index in [0.29, 0.717) is 0 Å². The highest BCUT2D eigenvalue weighted by Gasteiger charge is 2.15. The molecular formula is C13H16OS. The standard InChI is InChI=1S/C13H16OS/c1-9-5-4-6-12-11(9)7-10(15-12)8-13(2,3)14/h4-7,14H,8H2,1-3H3. The van der Waals surface area contributed by atoms with Crippen molar-refractivity contribution >= 4 is 21.4 Å². The monoisotopic (exact) mass is 220 g/mol. The van der Waals surface area contributed by atoms with E-state index in [2.05, 4.69) is 31.2 Å². The lowest BCUT2D eigenvalue weighted by Crippen LogP contribution is -2.20. The minimum Gasteiger partial charge on any atom is -0.390 e. The highest BCUT2D eigenvalue weighted by Crippen LogP contribution is 2.30. The number of hydrogen-bond donors (Lipinski definition) is 1. The first-order chi connectivity index (χ1) is 6.96. The largest absolute Gasteiger partial charge is 0.390 e. The fourth-order valence-corrected chi connectivity index (χ4v) is 3.13. The molecule has 0 saturated heterocycles. The van der Waals surface area contributed by atoms with Gasteiger partial charge in [0.2, 0.25) is 0 Å². The Hall–Kier alpha value is -0.860. The van der Waals surface area contributed by atoms with Crippen LogP contribution in [0.5, 0.6) is 0 Å². The minimum atomic E-state index is -0.616. The molecule has 2 rings (SSSR count). The van der Waals surface area contributed by atoms with Crippen LogP contribution in [0.4, 0.5) is 0 Å². The minimum absolute atomic E-state index is 0.616. The highest BCUT2D eigenvalue weighted by atomic mass is 32.1. The Balaban J connectivity index is 2.44. The van der Waals surface area contributed by atoms with Crippen molar-refractivity contribution in [2.75, 3.05) is 0 Å². The average molecular weight is 220 g/mol. The van der Waals surface area contributed by atoms with Gasteiger partial charge in [0, 0.05) is 16.0 Å². The molecule has 0 aliphatic heterocycles. The Kier molecular flexibility index (Phi) is 2.57. The van der Waals surface area contributed by atoms with E-state index in [-0.39, 0.29) is 0 Å². The van der Waals surface area contributed by atoms with Gasteiger partial charge in [0.05, 0.1) is 5.60 Å². The fraction of sp³-hybridized carbons (Fsp3) is 0.385. The lowest BCUT2D eigenvalue weighted by atomic mass is 10.0. The first-order valence-electron chi connectivity index (χ1n) is 5.16. The Morgan fingerprint density at radius 2 is 2.07 bits per heavy atom. The summed E-state index contributed by atoms with van der Waals surface area (Å²) in [6.45, 7) is 5.83. The van der Waals surface area contributed by atoms with E-state index in [1.54, 1.807) is 11.3 Å². The molecule has 1 heterocycles. The zero-order valence-electron chi connectivity index (χ0n) is 9.37. The van der Waals surface area contributed by atoms with Gasteiger partial charge in [0.25, 0.3) is 0 Å². The number of aliphatic hydroxyl groups is 1. The molecule has 0 fully saturated rings. The van der Waals surface area contributed by atoms with Crippen LogP contribution < -0.4 is 0 Å². The van der Waals surface area contributed by atoms with Gasteiger partial charge in [0.15, 0.2) is 0 Å². The average Bonchev–Trinajstić information content (AvgIpc) is 2.45. The summed E-state index contributed by atoms with van der Waals surface area (Å²) in [6, 6.07) is 8.55. The molecule has 0 radical (unpaired) electrons. The third kappa shape index (κ3) is 2.39. The van der Waals surface area contributed by atoms with Gasteiger partial charge >= 0.3 is 0 Å². The quantitative estimate of drug-likeness (QED) is 0.821. The van der Waals surface area contributed by atoms with Gasteiger partial charge in [-0.1, -0.05) is 12.1 Å². The van der Waals surface area contributed by atoms with Crippen LogP contribution >= 0.6 is 11.3 Å². The molecule has 0 spiro atoms. The molecule has 0 aliphatic rings. The van der Waals surface area contributed by atoms with E-state index >= 15 is 0 Å². The summed E-state index contributed by atoms with van der Waals surface area (Å²) >= 11 is 1.78. The van der Waals surface area contributed by atoms with Gasteiger partial charge in [-0.25, -0.2) is 0 Å². The van der Waals surface area contributed by atoms with Gasteiger partial charge in [-0.05, 0) is 43.9 Å². The zero-order chi connectivity index (χ0) is 11.1. The number of hydrogen-bond acceptors (Lipinski definition) is 2. The number of benzene rings is 1. The van der Waals surface area contributed by atoms with Crippen molar-refractivity contribution in [2.45, 2.75) is 32.8 Å². The zero-order valence-corrected chi connectivity index (χ0v) is 10.2. The van der Waals surface area contributed by atoms with E-state index in [1.807, 2.05) is 13.8 Å². The number of aryl methyl sites for hydroxylation is 1. The number of thiophene rings is 1. The van der Waals surface area contributed by atoms with E-state index < -0.39 is 5.60 Å². The van der Waals surface area contributed by atoms with Crippen LogP contribution in [-0.4, -0.2) is 10.7 Å². The lowest BCUT2D eigenvalue weighted by molar-refractivity contribution is 0.0819. The topological polar surface area (TPSA) is 20.2 Å². The van der Waals surface area contributed by atoms with Crippen LogP contribution in [0.15, 0.2) is 24.3 Å². The van der Waals surface area contributed by atoms with Crippen molar-refractivity contribution in [1.29, 1.82) is 0 Å². The first-order valence-corrected chi connectivity index (χ1v) is 5.98. The summed E-state index contributed by atoms with van der Waals surface area (Å²) < 4.78 is 1.31. The lowest BCUT2D eigenvalue weighted by Gasteiger charge is -2.14. The van der Waals surface area contributed by atoms with Crippen LogP contribution in [0, 0.1) is 6.92 Å². The first kappa shape index (κ1) is 10.7. The van der Waals surface area contributed by atoms with Crippen LogP contribution in [0.25, 0.3) is 10.1 Å². The molecule has 2 heteroatoms. The molecule has 0 atom stereocenters. The molecule has 0 aliphatic carbocycles. The van der Waals surface area contributed by atoms with Crippen LogP contribution in [0.1, 0.15) is 24.3 Å². The fourth-order valence-electron chi connectivity index (χ4n) is 1.77. The second-order valence-corrected chi connectivity index (χ2v) is 5.86. The maximum Gasteiger partial charge on any atom is 0.0639 e. The summed E-state index contributed by atoms with van der Waals surface area (Å²) in [6.07, 6.45) is 0.728. The van der Waals surface area contributed by atoms with E-state index in [0.717, 1.165) is 6.42 Å². The van der Waals surface area contributed by atoms with Crippen molar-refractivity contribution in [1.82, 2.24) is 0 Å². The van der Waals surface area contributed by atoms with Crippen molar-refractivity contribution < 1.29 is 5.11 Å². The van der Waals surface area contributed by atoms with Crippen molar-refractivity contribution in [2.24, 2.45) is 0 Å². The van der Waals surface area contributed by atoms with Crippen molar-refractivity contribution in [3.05, 3.63) is 34.7 Å². The van der Waals surface area contributed by atoms with Gasteiger partial charge in [-0.2, -0.15) is 0 Å². The second kappa shape index (κ2) is 3.62. The summed E-state index contributed by atoms with van der Waals surface area (Å²) in [7, 11) is 0. The highest BCUT2D eigenvalue weighted by molar-refractivity contribution is 7.19. The molecule has 0 amide bonds. The van der Waals surface area contributed by atoms with Gasteiger partial charge < -0.3 is 5.11 Å². The number of fused-ring (bicyclic) bond motifs is 1. The molecule has 80 valence electrons. The maximum atomic E-state index is 9.77. The molecule has 0 unspecified atom stereocenters. The molecule has 2 aromatic rings. The Morgan fingerprint density at radius 1 is 1.33 bits per heavy atom. The Labute approximate surface area is 94.4 Å². The Bertz CT molecular complexity index is 477. The third-order valence-electron chi connectivity index (χ3n) is 2.44. The second-order valence-electron chi connectivity index (χ2n) is 4.69. The van der Waals surface area contributed by atoms with Gasteiger partial charge in [0.1, 0.15) is 0 Å². The SMILES string of the molecule is Cc1cccc2sc(CC(C)(C)O)cc12.